The molecule has 1 unspecified atom stereocenters. The fraction of sp³-hybridized carbons (Fsp3) is 0.750. The molecule has 32 heavy (non-hydrogen) atoms. The Morgan fingerprint density at radius 1 is 0.969 bits per heavy atom. The van der Waals surface area contributed by atoms with Crippen LogP contribution in [0.5, 0.6) is 0 Å². The first kappa shape index (κ1) is 23.8. The molecule has 3 atom stereocenters. The first-order valence-electron chi connectivity index (χ1n) is 13.3. The summed E-state index contributed by atoms with van der Waals surface area (Å²) in [5, 5.41) is 9.94. The predicted octanol–water partition coefficient (Wildman–Crippen LogP) is 5.32. The number of nitrogens with zero attached hydrogens (tertiary/aromatic N) is 2. The minimum atomic E-state index is -0.581. The molecule has 0 aromatic heterocycles. The molecule has 2 heterocycles. The van der Waals surface area contributed by atoms with Gasteiger partial charge in [-0.25, -0.2) is 0 Å². The Morgan fingerprint density at radius 3 is 2.38 bits per heavy atom. The van der Waals surface area contributed by atoms with Crippen molar-refractivity contribution in [1.29, 1.82) is 0 Å². The monoisotopic (exact) mass is 440 g/mol. The molecule has 1 N–H and O–H groups in total. The lowest BCUT2D eigenvalue weighted by Crippen LogP contribution is -2.46. The van der Waals surface area contributed by atoms with Gasteiger partial charge < -0.3 is 10.0 Å². The quantitative estimate of drug-likeness (QED) is 0.564. The maximum absolute atomic E-state index is 12.1. The largest absolute Gasteiger partial charge is 0.480 e. The van der Waals surface area contributed by atoms with Gasteiger partial charge in [0.05, 0.1) is 0 Å². The maximum Gasteiger partial charge on any atom is 0.321 e. The first-order chi connectivity index (χ1) is 15.6. The van der Waals surface area contributed by atoms with Gasteiger partial charge >= 0.3 is 5.97 Å². The number of rotatable bonds is 9. The summed E-state index contributed by atoms with van der Waals surface area (Å²) in [5.41, 5.74) is 1.47. The van der Waals surface area contributed by atoms with E-state index in [-0.39, 0.29) is 6.04 Å². The number of hydrogen-bond acceptors (Lipinski definition) is 3. The van der Waals surface area contributed by atoms with Crippen molar-refractivity contribution in [3.8, 4) is 0 Å². The molecule has 1 aromatic rings. The molecule has 3 aliphatic rings. The van der Waals surface area contributed by atoms with Crippen molar-refractivity contribution >= 4 is 5.97 Å². The van der Waals surface area contributed by atoms with Gasteiger partial charge in [-0.05, 0) is 93.8 Å². The van der Waals surface area contributed by atoms with Gasteiger partial charge in [0, 0.05) is 13.1 Å². The number of aryl methyl sites for hydroxylation is 1. The van der Waals surface area contributed by atoms with Gasteiger partial charge in [0.15, 0.2) is 0 Å². The van der Waals surface area contributed by atoms with Crippen LogP contribution in [-0.2, 0) is 11.2 Å². The van der Waals surface area contributed by atoms with Crippen LogP contribution in [0.1, 0.15) is 70.3 Å². The average molecular weight is 441 g/mol. The fourth-order valence-electron chi connectivity index (χ4n) is 6.71. The third kappa shape index (κ3) is 6.35. The zero-order chi connectivity index (χ0) is 22.3. The highest BCUT2D eigenvalue weighted by atomic mass is 16.4. The molecule has 2 saturated heterocycles. The summed E-state index contributed by atoms with van der Waals surface area (Å²) in [5.74, 6) is 2.09. The Morgan fingerprint density at radius 2 is 1.69 bits per heavy atom. The second-order valence-corrected chi connectivity index (χ2v) is 11.0. The molecule has 0 amide bonds. The molecule has 0 radical (unpaired) electrons. The summed E-state index contributed by atoms with van der Waals surface area (Å²) in [4.78, 5) is 17.1. The van der Waals surface area contributed by atoms with E-state index in [2.05, 4.69) is 47.1 Å². The normalized spacial score (nSPS) is 26.2. The smallest absolute Gasteiger partial charge is 0.321 e. The van der Waals surface area contributed by atoms with E-state index in [1.807, 2.05) is 0 Å². The third-order valence-corrected chi connectivity index (χ3v) is 8.74. The van der Waals surface area contributed by atoms with Crippen molar-refractivity contribution in [3.63, 3.8) is 0 Å². The molecule has 3 fully saturated rings. The highest BCUT2D eigenvalue weighted by Gasteiger charge is 2.38. The molecule has 4 heteroatoms. The molecular formula is C28H44N2O2. The lowest BCUT2D eigenvalue weighted by molar-refractivity contribution is -0.145. The molecule has 0 bridgehead atoms. The van der Waals surface area contributed by atoms with E-state index < -0.39 is 5.97 Å². The van der Waals surface area contributed by atoms with Crippen LogP contribution >= 0.6 is 0 Å². The van der Waals surface area contributed by atoms with E-state index in [0.29, 0.717) is 11.8 Å². The Balaban J connectivity index is 1.18. The second-order valence-electron chi connectivity index (χ2n) is 11.0. The summed E-state index contributed by atoms with van der Waals surface area (Å²) in [6.45, 7) is 8.03. The molecule has 1 saturated carbocycles. The zero-order valence-corrected chi connectivity index (χ0v) is 20.1. The molecule has 4 rings (SSSR count). The lowest BCUT2D eigenvalue weighted by atomic mass is 9.82. The number of hydrogen-bond donors (Lipinski definition) is 1. The minimum Gasteiger partial charge on any atom is -0.480 e. The van der Waals surface area contributed by atoms with Gasteiger partial charge in [0.1, 0.15) is 6.04 Å². The lowest BCUT2D eigenvalue weighted by Gasteiger charge is -2.36. The van der Waals surface area contributed by atoms with E-state index in [1.54, 1.807) is 0 Å². The van der Waals surface area contributed by atoms with E-state index in [0.717, 1.165) is 37.8 Å². The van der Waals surface area contributed by atoms with Gasteiger partial charge in [0.25, 0.3) is 0 Å². The minimum absolute atomic E-state index is 0.239. The number of carboxylic acids is 1. The Hall–Kier alpha value is -1.39. The first-order valence-corrected chi connectivity index (χ1v) is 13.3. The van der Waals surface area contributed by atoms with Crippen molar-refractivity contribution in [2.24, 2.45) is 23.7 Å². The Labute approximate surface area is 195 Å². The van der Waals surface area contributed by atoms with Gasteiger partial charge in [-0.1, -0.05) is 56.5 Å². The van der Waals surface area contributed by atoms with Crippen molar-refractivity contribution in [1.82, 2.24) is 9.80 Å². The predicted molar refractivity (Wildman–Crippen MR) is 131 cm³/mol. The summed E-state index contributed by atoms with van der Waals surface area (Å²) >= 11 is 0. The Bertz CT molecular complexity index is 695. The van der Waals surface area contributed by atoms with Gasteiger partial charge in [-0.3, -0.25) is 9.69 Å². The third-order valence-electron chi connectivity index (χ3n) is 8.74. The zero-order valence-electron chi connectivity index (χ0n) is 20.1. The van der Waals surface area contributed by atoms with Crippen LogP contribution in [0.25, 0.3) is 0 Å². The summed E-state index contributed by atoms with van der Waals surface area (Å²) in [6.07, 6.45) is 12.2. The van der Waals surface area contributed by atoms with Gasteiger partial charge in [0.2, 0.25) is 0 Å². The van der Waals surface area contributed by atoms with E-state index in [1.165, 1.54) is 76.6 Å². The van der Waals surface area contributed by atoms with Crippen LogP contribution in [0.2, 0.25) is 0 Å². The Kier molecular flexibility index (Phi) is 8.65. The summed E-state index contributed by atoms with van der Waals surface area (Å²) < 4.78 is 0. The highest BCUT2D eigenvalue weighted by molar-refractivity contribution is 5.74. The number of benzene rings is 1. The maximum atomic E-state index is 12.1. The molecule has 0 spiro atoms. The molecular weight excluding hydrogens is 396 g/mol. The average Bonchev–Trinajstić information content (AvgIpc) is 3.27. The SMILES string of the molecule is C[C@@H](CCc1ccccc1)C1CCN(CC2CCN([C@@H](C(=O)O)C3CCCCC3)C2)CC1. The fourth-order valence-corrected chi connectivity index (χ4v) is 6.71. The highest BCUT2D eigenvalue weighted by Crippen LogP contribution is 2.33. The van der Waals surface area contributed by atoms with Crippen LogP contribution in [0.15, 0.2) is 30.3 Å². The van der Waals surface area contributed by atoms with Gasteiger partial charge in [-0.15, -0.1) is 0 Å². The topological polar surface area (TPSA) is 43.8 Å². The second kappa shape index (κ2) is 11.7. The van der Waals surface area contributed by atoms with Crippen LogP contribution in [-0.4, -0.2) is 59.6 Å². The van der Waals surface area contributed by atoms with E-state index in [4.69, 9.17) is 0 Å². The van der Waals surface area contributed by atoms with Crippen LogP contribution in [0.3, 0.4) is 0 Å². The number of piperidine rings is 1. The van der Waals surface area contributed by atoms with Crippen LogP contribution in [0, 0.1) is 23.7 Å². The molecule has 2 aliphatic heterocycles. The van der Waals surface area contributed by atoms with E-state index >= 15 is 0 Å². The number of carboxylic acid groups (broad SMARTS) is 1. The molecule has 1 aliphatic carbocycles. The molecule has 178 valence electrons. The van der Waals surface area contributed by atoms with Gasteiger partial charge in [-0.2, -0.15) is 0 Å². The number of likely N-dealkylation sites (tertiary alicyclic amines) is 2. The standard InChI is InChI=1S/C28H44N2O2/c1-22(12-13-23-8-4-2-5-9-23)25-15-17-29(18-16-25)20-24-14-19-30(21-24)27(28(31)32)26-10-6-3-7-11-26/h2,4-5,8-9,22,24-27H,3,6-7,10-21H2,1H3,(H,31,32)/t22-,24?,27+/m0/s1. The summed E-state index contributed by atoms with van der Waals surface area (Å²) in [6, 6.07) is 10.7. The molecule has 4 nitrogen and oxygen atoms in total. The van der Waals surface area contributed by atoms with Crippen LogP contribution < -0.4 is 0 Å². The van der Waals surface area contributed by atoms with Crippen LogP contribution in [0.4, 0.5) is 0 Å². The van der Waals surface area contributed by atoms with E-state index in [9.17, 15) is 9.90 Å². The van der Waals surface area contributed by atoms with Crippen molar-refractivity contribution in [2.45, 2.75) is 77.2 Å². The summed E-state index contributed by atoms with van der Waals surface area (Å²) in [7, 11) is 0. The number of carbonyl (C=O) groups is 1. The van der Waals surface area contributed by atoms with Crippen molar-refractivity contribution in [3.05, 3.63) is 35.9 Å². The van der Waals surface area contributed by atoms with Crippen molar-refractivity contribution in [2.75, 3.05) is 32.7 Å². The molecule has 1 aromatic carbocycles. The number of aliphatic carboxylic acids is 1. The van der Waals surface area contributed by atoms with Crippen molar-refractivity contribution < 1.29 is 9.90 Å².